The van der Waals surface area contributed by atoms with Crippen LogP contribution < -0.4 is 5.32 Å². The molecule has 1 heterocycles. The van der Waals surface area contributed by atoms with Crippen LogP contribution in [-0.4, -0.2) is 30.8 Å². The molecule has 1 aliphatic rings. The molecule has 1 rings (SSSR count). The molecule has 0 aliphatic carbocycles. The molecular formula is C11H17NO4. The van der Waals surface area contributed by atoms with Gasteiger partial charge in [-0.3, -0.25) is 0 Å². The van der Waals surface area contributed by atoms with Crippen molar-refractivity contribution in [2.75, 3.05) is 6.61 Å². The molecule has 16 heavy (non-hydrogen) atoms. The van der Waals surface area contributed by atoms with Crippen LogP contribution in [0, 0.1) is 0 Å². The Bertz CT molecular complexity index is 277. The van der Waals surface area contributed by atoms with Crippen molar-refractivity contribution in [1.29, 1.82) is 0 Å². The smallest absolute Gasteiger partial charge is 0.407 e. The van der Waals surface area contributed by atoms with Crippen LogP contribution in [-0.2, 0) is 14.3 Å². The topological polar surface area (TPSA) is 64.6 Å². The number of carbonyl (C=O) groups is 2. The van der Waals surface area contributed by atoms with Crippen molar-refractivity contribution < 1.29 is 19.1 Å². The van der Waals surface area contributed by atoms with E-state index in [-0.39, 0.29) is 6.10 Å². The van der Waals surface area contributed by atoms with Crippen LogP contribution >= 0.6 is 0 Å². The highest BCUT2D eigenvalue weighted by Crippen LogP contribution is 2.15. The molecule has 0 bridgehead atoms. The molecule has 5 heteroatoms. The summed E-state index contributed by atoms with van der Waals surface area (Å²) in [5.41, 5.74) is 0. The summed E-state index contributed by atoms with van der Waals surface area (Å²) in [7, 11) is 0. The molecule has 0 aromatic rings. The van der Waals surface area contributed by atoms with E-state index in [0.29, 0.717) is 13.0 Å². The lowest BCUT2D eigenvalue weighted by Crippen LogP contribution is -2.38. The Morgan fingerprint density at radius 1 is 1.75 bits per heavy atom. The molecule has 1 amide bonds. The second-order valence-corrected chi connectivity index (χ2v) is 3.63. The number of rotatable bonds is 5. The van der Waals surface area contributed by atoms with E-state index in [1.807, 2.05) is 6.92 Å². The quantitative estimate of drug-likeness (QED) is 0.438. The number of ether oxygens (including phenoxy) is 2. The summed E-state index contributed by atoms with van der Waals surface area (Å²) < 4.78 is 9.80. The Kier molecular flexibility index (Phi) is 4.82. The Morgan fingerprint density at radius 2 is 2.50 bits per heavy atom. The highest BCUT2D eigenvalue weighted by atomic mass is 16.6. The predicted octanol–water partition coefficient (Wildman–Crippen LogP) is 1.38. The van der Waals surface area contributed by atoms with E-state index in [2.05, 4.69) is 11.9 Å². The number of esters is 1. The van der Waals surface area contributed by atoms with Crippen molar-refractivity contribution in [3.05, 3.63) is 12.7 Å². The van der Waals surface area contributed by atoms with Crippen LogP contribution in [0.15, 0.2) is 12.7 Å². The van der Waals surface area contributed by atoms with Gasteiger partial charge < -0.3 is 14.8 Å². The van der Waals surface area contributed by atoms with Gasteiger partial charge in [-0.15, -0.1) is 0 Å². The van der Waals surface area contributed by atoms with Crippen molar-refractivity contribution >= 4 is 12.1 Å². The fraction of sp³-hybridized carbons (Fsp3) is 0.636. The maximum absolute atomic E-state index is 11.3. The molecule has 0 radical (unpaired) electrons. The molecule has 0 saturated carbocycles. The number of amides is 1. The zero-order valence-corrected chi connectivity index (χ0v) is 9.40. The fourth-order valence-corrected chi connectivity index (χ4v) is 1.36. The average molecular weight is 227 g/mol. The highest BCUT2D eigenvalue weighted by Gasteiger charge is 2.34. The Balaban J connectivity index is 2.28. The lowest BCUT2D eigenvalue weighted by Gasteiger charge is -2.08. The molecule has 1 fully saturated rings. The number of unbranched alkanes of at least 4 members (excludes halogenated alkanes) is 1. The van der Waals surface area contributed by atoms with Crippen LogP contribution in [0.5, 0.6) is 0 Å². The zero-order chi connectivity index (χ0) is 12.0. The number of nitrogens with one attached hydrogen (secondary N) is 1. The van der Waals surface area contributed by atoms with Crippen LogP contribution in [0.3, 0.4) is 0 Å². The summed E-state index contributed by atoms with van der Waals surface area (Å²) in [6.45, 7) is 5.90. The lowest BCUT2D eigenvalue weighted by atomic mass is 10.2. The third kappa shape index (κ3) is 3.56. The number of alkyl carbamates (subject to hydrolysis) is 1. The number of carbonyl (C=O) groups excluding carboxylic acids is 2. The SMILES string of the molecule is C=CC1CC(NC(=O)OCCCC)C(=O)O1. The normalized spacial score (nSPS) is 23.7. The molecule has 1 saturated heterocycles. The molecule has 0 spiro atoms. The summed E-state index contributed by atoms with van der Waals surface area (Å²) >= 11 is 0. The van der Waals surface area contributed by atoms with Crippen molar-refractivity contribution in [3.8, 4) is 0 Å². The standard InChI is InChI=1S/C11H17NO4/c1-3-5-6-15-11(14)12-9-7-8(4-2)16-10(9)13/h4,8-9H,2-3,5-7H2,1H3,(H,12,14). The minimum Gasteiger partial charge on any atom is -0.457 e. The number of hydrogen-bond acceptors (Lipinski definition) is 4. The zero-order valence-electron chi connectivity index (χ0n) is 9.40. The first-order chi connectivity index (χ1) is 7.67. The van der Waals surface area contributed by atoms with Crippen LogP contribution in [0.25, 0.3) is 0 Å². The summed E-state index contributed by atoms with van der Waals surface area (Å²) in [6, 6.07) is -0.614. The van der Waals surface area contributed by atoms with Gasteiger partial charge in [0.25, 0.3) is 0 Å². The fourth-order valence-electron chi connectivity index (χ4n) is 1.36. The third-order valence-corrected chi connectivity index (χ3v) is 2.31. The van der Waals surface area contributed by atoms with E-state index in [1.165, 1.54) is 0 Å². The molecule has 1 N–H and O–H groups in total. The maximum atomic E-state index is 11.3. The summed E-state index contributed by atoms with van der Waals surface area (Å²) in [4.78, 5) is 22.5. The van der Waals surface area contributed by atoms with Gasteiger partial charge >= 0.3 is 12.1 Å². The van der Waals surface area contributed by atoms with Gasteiger partial charge in [0.2, 0.25) is 0 Å². The van der Waals surface area contributed by atoms with Crippen LogP contribution in [0.4, 0.5) is 4.79 Å². The molecule has 2 atom stereocenters. The molecule has 90 valence electrons. The molecule has 0 aromatic carbocycles. The predicted molar refractivity (Wildman–Crippen MR) is 57.9 cm³/mol. The van der Waals surface area contributed by atoms with E-state index in [9.17, 15) is 9.59 Å². The first-order valence-corrected chi connectivity index (χ1v) is 5.43. The highest BCUT2D eigenvalue weighted by molar-refractivity contribution is 5.83. The van der Waals surface area contributed by atoms with Crippen molar-refractivity contribution in [3.63, 3.8) is 0 Å². The molecule has 1 aliphatic heterocycles. The minimum absolute atomic E-state index is 0.312. The van der Waals surface area contributed by atoms with Gasteiger partial charge in [0.05, 0.1) is 6.61 Å². The Hall–Kier alpha value is -1.52. The first-order valence-electron chi connectivity index (χ1n) is 5.43. The second-order valence-electron chi connectivity index (χ2n) is 3.63. The van der Waals surface area contributed by atoms with Crippen molar-refractivity contribution in [2.24, 2.45) is 0 Å². The van der Waals surface area contributed by atoms with Crippen LogP contribution in [0.2, 0.25) is 0 Å². The van der Waals surface area contributed by atoms with E-state index in [1.54, 1.807) is 6.08 Å². The Labute approximate surface area is 94.8 Å². The second kappa shape index (κ2) is 6.15. The van der Waals surface area contributed by atoms with E-state index < -0.39 is 18.1 Å². The van der Waals surface area contributed by atoms with E-state index >= 15 is 0 Å². The number of cyclic esters (lactones) is 1. The number of hydrogen-bond donors (Lipinski definition) is 1. The van der Waals surface area contributed by atoms with Crippen molar-refractivity contribution in [1.82, 2.24) is 5.32 Å². The third-order valence-electron chi connectivity index (χ3n) is 2.31. The van der Waals surface area contributed by atoms with Gasteiger partial charge in [-0.1, -0.05) is 26.0 Å². The molecule has 2 unspecified atom stereocenters. The summed E-state index contributed by atoms with van der Waals surface area (Å²) in [5.74, 6) is -0.433. The summed E-state index contributed by atoms with van der Waals surface area (Å²) in [6.07, 6.45) is 2.86. The van der Waals surface area contributed by atoms with Gasteiger partial charge in [0.1, 0.15) is 12.1 Å². The van der Waals surface area contributed by atoms with E-state index in [4.69, 9.17) is 9.47 Å². The van der Waals surface area contributed by atoms with Crippen LogP contribution in [0.1, 0.15) is 26.2 Å². The molecule has 0 aromatic heterocycles. The van der Waals surface area contributed by atoms with Gasteiger partial charge in [0.15, 0.2) is 0 Å². The monoisotopic (exact) mass is 227 g/mol. The van der Waals surface area contributed by atoms with Gasteiger partial charge in [-0.2, -0.15) is 0 Å². The maximum Gasteiger partial charge on any atom is 0.407 e. The average Bonchev–Trinajstić information content (AvgIpc) is 2.60. The largest absolute Gasteiger partial charge is 0.457 e. The molecule has 5 nitrogen and oxygen atoms in total. The van der Waals surface area contributed by atoms with E-state index in [0.717, 1.165) is 12.8 Å². The summed E-state index contributed by atoms with van der Waals surface area (Å²) in [5, 5.41) is 2.47. The molecular weight excluding hydrogens is 210 g/mol. The Morgan fingerprint density at radius 3 is 3.06 bits per heavy atom. The van der Waals surface area contributed by atoms with Gasteiger partial charge in [-0.25, -0.2) is 9.59 Å². The van der Waals surface area contributed by atoms with Gasteiger partial charge in [0, 0.05) is 6.42 Å². The van der Waals surface area contributed by atoms with Crippen molar-refractivity contribution in [2.45, 2.75) is 38.3 Å². The minimum atomic E-state index is -0.614. The van der Waals surface area contributed by atoms with Gasteiger partial charge in [-0.05, 0) is 6.42 Å². The lowest BCUT2D eigenvalue weighted by molar-refractivity contribution is -0.141. The first kappa shape index (κ1) is 12.5.